The highest BCUT2D eigenvalue weighted by atomic mass is 79.9. The lowest BCUT2D eigenvalue weighted by molar-refractivity contribution is 0.0291. The molecule has 1 fully saturated rings. The second kappa shape index (κ2) is 6.45. The van der Waals surface area contributed by atoms with Crippen LogP contribution in [0.5, 0.6) is 0 Å². The molecule has 1 saturated heterocycles. The van der Waals surface area contributed by atoms with E-state index in [0.717, 1.165) is 30.5 Å². The van der Waals surface area contributed by atoms with Crippen LogP contribution in [0.2, 0.25) is 0 Å². The lowest BCUT2D eigenvalue weighted by Gasteiger charge is -2.24. The molecule has 1 atom stereocenters. The fourth-order valence-electron chi connectivity index (χ4n) is 2.11. The van der Waals surface area contributed by atoms with Gasteiger partial charge in [0.25, 0.3) is 0 Å². The maximum absolute atomic E-state index is 12.0. The van der Waals surface area contributed by atoms with Gasteiger partial charge in [-0.3, -0.25) is 0 Å². The Kier molecular flexibility index (Phi) is 5.09. The molecule has 0 saturated carbocycles. The zero-order valence-corrected chi connectivity index (χ0v) is 14.5. The molecule has 1 amide bonds. The average Bonchev–Trinajstić information content (AvgIpc) is 2.93. The zero-order valence-electron chi connectivity index (χ0n) is 12.1. The molecular weight excluding hydrogens is 340 g/mol. The molecule has 4 nitrogen and oxygen atoms in total. The molecule has 0 bridgehead atoms. The van der Waals surface area contributed by atoms with Gasteiger partial charge in [0.05, 0.1) is 0 Å². The van der Waals surface area contributed by atoms with E-state index >= 15 is 0 Å². The first-order valence-electron chi connectivity index (χ1n) is 6.78. The van der Waals surface area contributed by atoms with E-state index in [2.05, 4.69) is 32.7 Å². The van der Waals surface area contributed by atoms with Crippen LogP contribution < -0.4 is 5.32 Å². The molecule has 1 aliphatic rings. The predicted molar refractivity (Wildman–Crippen MR) is 85.1 cm³/mol. The van der Waals surface area contributed by atoms with Gasteiger partial charge in [-0.15, -0.1) is 11.3 Å². The Morgan fingerprint density at radius 1 is 1.60 bits per heavy atom. The molecule has 0 spiro atoms. The first kappa shape index (κ1) is 15.8. The van der Waals surface area contributed by atoms with Gasteiger partial charge in [-0.05, 0) is 54.6 Å². The van der Waals surface area contributed by atoms with Crippen LogP contribution >= 0.6 is 27.3 Å². The summed E-state index contributed by atoms with van der Waals surface area (Å²) in [6, 6.07) is 2.40. The van der Waals surface area contributed by atoms with Gasteiger partial charge in [0, 0.05) is 35.0 Å². The summed E-state index contributed by atoms with van der Waals surface area (Å²) >= 11 is 5.26. The summed E-state index contributed by atoms with van der Waals surface area (Å²) in [5.74, 6) is 0. The highest BCUT2D eigenvalue weighted by Gasteiger charge is 2.29. The largest absolute Gasteiger partial charge is 0.444 e. The first-order chi connectivity index (χ1) is 9.35. The van der Waals surface area contributed by atoms with Gasteiger partial charge in [0.1, 0.15) is 5.60 Å². The monoisotopic (exact) mass is 360 g/mol. The molecule has 112 valence electrons. The molecule has 0 aromatic carbocycles. The molecule has 1 aliphatic heterocycles. The first-order valence-corrected chi connectivity index (χ1v) is 8.45. The third kappa shape index (κ3) is 4.46. The summed E-state index contributed by atoms with van der Waals surface area (Å²) in [7, 11) is 0. The maximum atomic E-state index is 12.0. The summed E-state index contributed by atoms with van der Waals surface area (Å²) in [6.45, 7) is 8.00. The molecule has 1 aromatic rings. The predicted octanol–water partition coefficient (Wildman–Crippen LogP) is 3.61. The van der Waals surface area contributed by atoms with E-state index in [4.69, 9.17) is 4.74 Å². The Morgan fingerprint density at radius 2 is 2.35 bits per heavy atom. The molecule has 0 radical (unpaired) electrons. The van der Waals surface area contributed by atoms with Crippen LogP contribution in [0, 0.1) is 0 Å². The smallest absolute Gasteiger partial charge is 0.410 e. The van der Waals surface area contributed by atoms with Gasteiger partial charge >= 0.3 is 6.09 Å². The molecule has 0 aliphatic carbocycles. The normalized spacial score (nSPS) is 19.4. The molecule has 1 aromatic heterocycles. The number of ether oxygens (including phenoxy) is 1. The number of likely N-dealkylation sites (tertiary alicyclic amines) is 1. The number of rotatable bonds is 3. The topological polar surface area (TPSA) is 41.6 Å². The van der Waals surface area contributed by atoms with Crippen molar-refractivity contribution < 1.29 is 9.53 Å². The number of nitrogens with zero attached hydrogens (tertiary/aromatic N) is 1. The lowest BCUT2D eigenvalue weighted by atomic mass is 10.2. The van der Waals surface area contributed by atoms with Crippen molar-refractivity contribution >= 4 is 33.4 Å². The average molecular weight is 361 g/mol. The number of carbonyl (C=O) groups excluding carboxylic acids is 1. The van der Waals surface area contributed by atoms with Crippen molar-refractivity contribution in [1.29, 1.82) is 0 Å². The number of amides is 1. The van der Waals surface area contributed by atoms with E-state index in [1.54, 1.807) is 16.2 Å². The van der Waals surface area contributed by atoms with Gasteiger partial charge in [-0.25, -0.2) is 4.79 Å². The van der Waals surface area contributed by atoms with Crippen LogP contribution in [0.25, 0.3) is 0 Å². The molecule has 1 unspecified atom stereocenters. The number of hydrogen-bond acceptors (Lipinski definition) is 4. The molecule has 2 rings (SSSR count). The van der Waals surface area contributed by atoms with Crippen LogP contribution in [0.15, 0.2) is 15.9 Å². The minimum absolute atomic E-state index is 0.209. The van der Waals surface area contributed by atoms with E-state index in [9.17, 15) is 4.79 Å². The number of thiophene rings is 1. The van der Waals surface area contributed by atoms with E-state index < -0.39 is 5.60 Å². The molecule has 20 heavy (non-hydrogen) atoms. The Labute approximate surface area is 132 Å². The van der Waals surface area contributed by atoms with Gasteiger partial charge in [0.2, 0.25) is 0 Å². The minimum atomic E-state index is -0.426. The van der Waals surface area contributed by atoms with E-state index in [1.807, 2.05) is 20.8 Å². The standard InChI is InChI=1S/C14H21BrN2O2S/c1-14(2,3)19-13(18)17-6-4-10(9-17)16-8-12-11(15)5-7-20-12/h5,7,10,16H,4,6,8-9H2,1-3H3. The maximum Gasteiger partial charge on any atom is 0.410 e. The van der Waals surface area contributed by atoms with Crippen LogP contribution in [0.3, 0.4) is 0 Å². The quantitative estimate of drug-likeness (QED) is 0.894. The highest BCUT2D eigenvalue weighted by Crippen LogP contribution is 2.23. The van der Waals surface area contributed by atoms with Gasteiger partial charge in [0.15, 0.2) is 0 Å². The third-order valence-electron chi connectivity index (χ3n) is 3.08. The van der Waals surface area contributed by atoms with Crippen molar-refractivity contribution in [2.75, 3.05) is 13.1 Å². The number of nitrogens with one attached hydrogen (secondary N) is 1. The van der Waals surface area contributed by atoms with E-state index in [0.29, 0.717) is 6.04 Å². The van der Waals surface area contributed by atoms with Crippen LogP contribution in [-0.4, -0.2) is 35.7 Å². The van der Waals surface area contributed by atoms with Gasteiger partial charge in [-0.2, -0.15) is 0 Å². The van der Waals surface area contributed by atoms with Crippen molar-refractivity contribution in [2.24, 2.45) is 0 Å². The Hall–Kier alpha value is -0.590. The molecule has 6 heteroatoms. The van der Waals surface area contributed by atoms with Gasteiger partial charge in [-0.1, -0.05) is 0 Å². The fraction of sp³-hybridized carbons (Fsp3) is 0.643. The summed E-state index contributed by atoms with van der Waals surface area (Å²) in [4.78, 5) is 15.0. The Bertz CT molecular complexity index is 470. The Balaban J connectivity index is 1.78. The second-order valence-corrected chi connectivity index (χ2v) is 7.84. The van der Waals surface area contributed by atoms with E-state index in [1.165, 1.54) is 4.88 Å². The zero-order chi connectivity index (χ0) is 14.8. The number of carbonyl (C=O) groups is 1. The van der Waals surface area contributed by atoms with Crippen molar-refractivity contribution in [2.45, 2.75) is 45.4 Å². The summed E-state index contributed by atoms with van der Waals surface area (Å²) in [5.41, 5.74) is -0.426. The lowest BCUT2D eigenvalue weighted by Crippen LogP contribution is -2.38. The SMILES string of the molecule is CC(C)(C)OC(=O)N1CCC(NCc2sccc2Br)C1. The fourth-order valence-corrected chi connectivity index (χ4v) is 3.55. The van der Waals surface area contributed by atoms with Crippen LogP contribution in [0.4, 0.5) is 4.79 Å². The molecule has 1 N–H and O–H groups in total. The van der Waals surface area contributed by atoms with Crippen LogP contribution in [0.1, 0.15) is 32.1 Å². The second-order valence-electron chi connectivity index (χ2n) is 5.98. The van der Waals surface area contributed by atoms with Crippen molar-refractivity contribution in [3.05, 3.63) is 20.8 Å². The van der Waals surface area contributed by atoms with Crippen molar-refractivity contribution in [1.82, 2.24) is 10.2 Å². The number of hydrogen-bond donors (Lipinski definition) is 1. The van der Waals surface area contributed by atoms with Crippen LogP contribution in [-0.2, 0) is 11.3 Å². The summed E-state index contributed by atoms with van der Waals surface area (Å²) in [5, 5.41) is 5.58. The van der Waals surface area contributed by atoms with Crippen molar-refractivity contribution in [3.63, 3.8) is 0 Å². The molecular formula is C14H21BrN2O2S. The van der Waals surface area contributed by atoms with Gasteiger partial charge < -0.3 is 15.0 Å². The van der Waals surface area contributed by atoms with Crippen molar-refractivity contribution in [3.8, 4) is 0 Å². The number of halogens is 1. The minimum Gasteiger partial charge on any atom is -0.444 e. The molecule has 2 heterocycles. The summed E-state index contributed by atoms with van der Waals surface area (Å²) < 4.78 is 6.54. The Morgan fingerprint density at radius 3 is 2.95 bits per heavy atom. The summed E-state index contributed by atoms with van der Waals surface area (Å²) in [6.07, 6.45) is 0.765. The van der Waals surface area contributed by atoms with E-state index in [-0.39, 0.29) is 6.09 Å². The highest BCUT2D eigenvalue weighted by molar-refractivity contribution is 9.10. The third-order valence-corrected chi connectivity index (χ3v) is 5.01.